The summed E-state index contributed by atoms with van der Waals surface area (Å²) in [6.07, 6.45) is 0. The summed E-state index contributed by atoms with van der Waals surface area (Å²) in [5, 5.41) is 11.1. The smallest absolute Gasteiger partial charge is 0.339 e. The lowest BCUT2D eigenvalue weighted by atomic mass is 10.1. The van der Waals surface area contributed by atoms with Crippen molar-refractivity contribution >= 4 is 70.8 Å². The molecular weight excluding hydrogens is 604 g/mol. The summed E-state index contributed by atoms with van der Waals surface area (Å²) in [6.45, 7) is -0.111. The minimum Gasteiger partial charge on any atom is -0.465 e. The first-order valence-corrected chi connectivity index (χ1v) is 12.5. The van der Waals surface area contributed by atoms with Crippen molar-refractivity contribution in [2.24, 2.45) is 0 Å². The molecule has 3 rings (SSSR count). The summed E-state index contributed by atoms with van der Waals surface area (Å²) in [5.41, 5.74) is 0.666. The molecule has 33 heavy (non-hydrogen) atoms. The molecule has 0 unspecified atom stereocenters. The van der Waals surface area contributed by atoms with Gasteiger partial charge in [-0.2, -0.15) is 0 Å². The van der Waals surface area contributed by atoms with Crippen molar-refractivity contribution in [3.63, 3.8) is 0 Å². The fourth-order valence-corrected chi connectivity index (χ4v) is 5.45. The number of carbonyl (C=O) groups is 1. The number of hydrogen-bond acceptors (Lipinski definition) is 6. The lowest BCUT2D eigenvalue weighted by Crippen LogP contribution is -2.30. The first-order chi connectivity index (χ1) is 15.5. The summed E-state index contributed by atoms with van der Waals surface area (Å²) in [5.74, 6) is -0.542. The van der Waals surface area contributed by atoms with Gasteiger partial charge in [0.25, 0.3) is 15.7 Å². The Morgan fingerprint density at radius 1 is 1.09 bits per heavy atom. The number of anilines is 1. The van der Waals surface area contributed by atoms with Crippen molar-refractivity contribution in [3.05, 3.63) is 95.9 Å². The van der Waals surface area contributed by atoms with E-state index in [1.807, 2.05) is 0 Å². The average Bonchev–Trinajstić information content (AvgIpc) is 2.77. The Balaban J connectivity index is 2.10. The fraction of sp³-hybridized carbons (Fsp3) is 0.0952. The Kier molecular flexibility index (Phi) is 7.78. The number of ether oxygens (including phenoxy) is 1. The van der Waals surface area contributed by atoms with E-state index in [-0.39, 0.29) is 22.0 Å². The maximum atomic E-state index is 13.6. The van der Waals surface area contributed by atoms with Crippen molar-refractivity contribution < 1.29 is 22.9 Å². The van der Waals surface area contributed by atoms with Gasteiger partial charge in [-0.3, -0.25) is 14.4 Å². The molecule has 0 aliphatic rings. The zero-order valence-corrected chi connectivity index (χ0v) is 21.6. The molecule has 8 nitrogen and oxygen atoms in total. The van der Waals surface area contributed by atoms with Crippen LogP contribution in [0, 0.1) is 10.1 Å². The molecule has 0 saturated heterocycles. The number of nitro benzene ring substituents is 1. The molecular formula is C21H15Br2ClN2O6S. The van der Waals surface area contributed by atoms with E-state index in [0.29, 0.717) is 15.7 Å². The minimum absolute atomic E-state index is 0.111. The van der Waals surface area contributed by atoms with Gasteiger partial charge in [0.15, 0.2) is 0 Å². The van der Waals surface area contributed by atoms with E-state index in [0.717, 1.165) is 14.8 Å². The summed E-state index contributed by atoms with van der Waals surface area (Å²) in [4.78, 5) is 22.1. The molecule has 12 heteroatoms. The number of esters is 1. The van der Waals surface area contributed by atoms with E-state index in [9.17, 15) is 23.3 Å². The number of nitrogens with zero attached hydrogens (tertiary/aromatic N) is 2. The van der Waals surface area contributed by atoms with Gasteiger partial charge in [-0.15, -0.1) is 0 Å². The average molecular weight is 619 g/mol. The molecule has 3 aromatic rings. The number of halogens is 3. The minimum atomic E-state index is -4.23. The molecule has 0 aliphatic carbocycles. The zero-order chi connectivity index (χ0) is 24.3. The quantitative estimate of drug-likeness (QED) is 0.184. The standard InChI is InChI=1S/C21H15Br2ClN2O6S/c1-32-21(27)17-8-2-13(10-18(17)23)12-25(15-5-3-14(22)4-6-15)33(30,31)16-7-9-19(24)20(11-16)26(28)29/h2-11H,12H2,1H3. The van der Waals surface area contributed by atoms with E-state index in [1.54, 1.807) is 36.4 Å². The van der Waals surface area contributed by atoms with E-state index < -0.39 is 26.6 Å². The second-order valence-corrected chi connectivity index (χ2v) is 10.7. The summed E-state index contributed by atoms with van der Waals surface area (Å²) in [6, 6.07) is 14.6. The first-order valence-electron chi connectivity index (χ1n) is 9.13. The number of hydrogen-bond donors (Lipinski definition) is 0. The first kappa shape index (κ1) is 25.2. The largest absolute Gasteiger partial charge is 0.465 e. The number of sulfonamides is 1. The molecule has 0 bridgehead atoms. The van der Waals surface area contributed by atoms with E-state index >= 15 is 0 Å². The van der Waals surface area contributed by atoms with Crippen LogP contribution in [0.25, 0.3) is 0 Å². The topological polar surface area (TPSA) is 107 Å². The number of benzene rings is 3. The summed E-state index contributed by atoms with van der Waals surface area (Å²) >= 11 is 12.5. The maximum absolute atomic E-state index is 13.6. The van der Waals surface area contributed by atoms with Crippen molar-refractivity contribution in [3.8, 4) is 0 Å². The van der Waals surface area contributed by atoms with Crippen molar-refractivity contribution in [1.29, 1.82) is 0 Å². The number of carbonyl (C=O) groups excluding carboxylic acids is 1. The van der Waals surface area contributed by atoms with Gasteiger partial charge in [0, 0.05) is 15.0 Å². The lowest BCUT2D eigenvalue weighted by molar-refractivity contribution is -0.384. The fourth-order valence-electron chi connectivity index (χ4n) is 2.94. The van der Waals surface area contributed by atoms with Gasteiger partial charge in [-0.05, 0) is 70.0 Å². The van der Waals surface area contributed by atoms with Crippen LogP contribution in [0.4, 0.5) is 11.4 Å². The Bertz CT molecular complexity index is 1330. The highest BCUT2D eigenvalue weighted by molar-refractivity contribution is 9.10. The molecule has 0 aliphatic heterocycles. The van der Waals surface area contributed by atoms with Crippen LogP contribution in [0.15, 0.2) is 74.5 Å². The lowest BCUT2D eigenvalue weighted by Gasteiger charge is -2.25. The van der Waals surface area contributed by atoms with E-state index in [1.165, 1.54) is 25.3 Å². The molecule has 0 spiro atoms. The molecule has 172 valence electrons. The van der Waals surface area contributed by atoms with Crippen LogP contribution >= 0.6 is 43.5 Å². The molecule has 0 N–H and O–H groups in total. The van der Waals surface area contributed by atoms with Crippen LogP contribution < -0.4 is 4.31 Å². The molecule has 0 amide bonds. The van der Waals surface area contributed by atoms with Crippen LogP contribution in [-0.2, 0) is 21.3 Å². The Labute approximate surface area is 211 Å². The molecule has 3 aromatic carbocycles. The predicted molar refractivity (Wildman–Crippen MR) is 131 cm³/mol. The van der Waals surface area contributed by atoms with Crippen molar-refractivity contribution in [2.45, 2.75) is 11.4 Å². The van der Waals surface area contributed by atoms with Crippen LogP contribution in [-0.4, -0.2) is 26.4 Å². The molecule has 0 fully saturated rings. The third kappa shape index (κ3) is 5.55. The molecule has 0 radical (unpaired) electrons. The predicted octanol–water partition coefficient (Wildman–Crippen LogP) is 5.96. The van der Waals surface area contributed by atoms with Gasteiger partial charge < -0.3 is 4.74 Å². The van der Waals surface area contributed by atoms with Gasteiger partial charge in [-0.25, -0.2) is 13.2 Å². The van der Waals surface area contributed by atoms with Gasteiger partial charge in [0.1, 0.15) is 5.02 Å². The van der Waals surface area contributed by atoms with Crippen LogP contribution in [0.2, 0.25) is 5.02 Å². The third-order valence-corrected chi connectivity index (χ3v) is 7.86. The highest BCUT2D eigenvalue weighted by atomic mass is 79.9. The van der Waals surface area contributed by atoms with Gasteiger partial charge in [-0.1, -0.05) is 33.6 Å². The molecule has 0 aromatic heterocycles. The monoisotopic (exact) mass is 616 g/mol. The molecule has 0 heterocycles. The SMILES string of the molecule is COC(=O)c1ccc(CN(c2ccc(Br)cc2)S(=O)(=O)c2ccc(Cl)c([N+](=O)[O-])c2)cc1Br. The zero-order valence-electron chi connectivity index (χ0n) is 16.9. The Hall–Kier alpha value is -2.47. The number of rotatable bonds is 7. The van der Waals surface area contributed by atoms with Crippen LogP contribution in [0.1, 0.15) is 15.9 Å². The van der Waals surface area contributed by atoms with Gasteiger partial charge in [0.05, 0.1) is 34.7 Å². The molecule has 0 saturated carbocycles. The highest BCUT2D eigenvalue weighted by Crippen LogP contribution is 2.32. The van der Waals surface area contributed by atoms with E-state index in [2.05, 4.69) is 31.9 Å². The van der Waals surface area contributed by atoms with Crippen molar-refractivity contribution in [1.82, 2.24) is 0 Å². The van der Waals surface area contributed by atoms with Crippen molar-refractivity contribution in [2.75, 3.05) is 11.4 Å². The highest BCUT2D eigenvalue weighted by Gasteiger charge is 2.28. The molecule has 0 atom stereocenters. The summed E-state index contributed by atoms with van der Waals surface area (Å²) in [7, 11) is -2.97. The third-order valence-electron chi connectivity index (χ3n) is 4.58. The van der Waals surface area contributed by atoms with Crippen LogP contribution in [0.5, 0.6) is 0 Å². The normalized spacial score (nSPS) is 11.2. The number of methoxy groups -OCH3 is 1. The second-order valence-electron chi connectivity index (χ2n) is 6.66. The Morgan fingerprint density at radius 3 is 2.33 bits per heavy atom. The Morgan fingerprint density at radius 2 is 1.76 bits per heavy atom. The number of nitro groups is 1. The van der Waals surface area contributed by atoms with Crippen LogP contribution in [0.3, 0.4) is 0 Å². The van der Waals surface area contributed by atoms with E-state index in [4.69, 9.17) is 16.3 Å². The maximum Gasteiger partial charge on any atom is 0.339 e. The van der Waals surface area contributed by atoms with Gasteiger partial charge in [0.2, 0.25) is 0 Å². The summed E-state index contributed by atoms with van der Waals surface area (Å²) < 4.78 is 34.2. The van der Waals surface area contributed by atoms with Gasteiger partial charge >= 0.3 is 5.97 Å². The second kappa shape index (κ2) is 10.2.